The molecule has 0 radical (unpaired) electrons. The number of nitrogens with zero attached hydrogens (tertiary/aromatic N) is 1. The van der Waals surface area contributed by atoms with Gasteiger partial charge in [-0.05, 0) is 51.3 Å². The molecule has 1 aromatic carbocycles. The summed E-state index contributed by atoms with van der Waals surface area (Å²) in [5.41, 5.74) is 0.563. The quantitative estimate of drug-likeness (QED) is 0.791. The monoisotopic (exact) mass is 397 g/mol. The average molecular weight is 397 g/mol. The lowest BCUT2D eigenvalue weighted by atomic mass is 10.1. The van der Waals surface area contributed by atoms with Crippen LogP contribution in [0.4, 0.5) is 10.5 Å². The van der Waals surface area contributed by atoms with Gasteiger partial charge in [0.05, 0.1) is 6.26 Å². The fourth-order valence-electron chi connectivity index (χ4n) is 2.84. The molecular formula is C18H27N3O5S. The number of ether oxygens (including phenoxy) is 1. The van der Waals surface area contributed by atoms with Crippen LogP contribution in [0.2, 0.25) is 0 Å². The van der Waals surface area contributed by atoms with Gasteiger partial charge in [0.1, 0.15) is 11.6 Å². The summed E-state index contributed by atoms with van der Waals surface area (Å²) in [5, 5.41) is 2.81. The second-order valence-corrected chi connectivity index (χ2v) is 9.37. The van der Waals surface area contributed by atoms with E-state index < -0.39 is 27.8 Å². The van der Waals surface area contributed by atoms with Gasteiger partial charge in [-0.25, -0.2) is 13.2 Å². The number of nitrogens with one attached hydrogen (secondary N) is 2. The molecule has 1 aliphatic heterocycles. The SMILES string of the molecule is CC(C)(C)OC(=O)N1CCC[C@H]1C(=O)NCc1cccc(NS(C)(=O)=O)c1. The Kier molecular flexibility index (Phi) is 6.35. The van der Waals surface area contributed by atoms with E-state index >= 15 is 0 Å². The molecule has 8 nitrogen and oxygen atoms in total. The Balaban J connectivity index is 1.97. The van der Waals surface area contributed by atoms with Gasteiger partial charge in [0.2, 0.25) is 15.9 Å². The van der Waals surface area contributed by atoms with Crippen LogP contribution in [0.25, 0.3) is 0 Å². The van der Waals surface area contributed by atoms with Crippen molar-refractivity contribution in [1.82, 2.24) is 10.2 Å². The molecule has 0 unspecified atom stereocenters. The normalized spacial score (nSPS) is 17.5. The molecule has 1 atom stereocenters. The van der Waals surface area contributed by atoms with Crippen LogP contribution in [0.5, 0.6) is 0 Å². The first-order chi connectivity index (χ1) is 12.4. The molecule has 2 rings (SSSR count). The fraction of sp³-hybridized carbons (Fsp3) is 0.556. The molecule has 0 bridgehead atoms. The highest BCUT2D eigenvalue weighted by Crippen LogP contribution is 2.21. The molecule has 1 fully saturated rings. The molecule has 1 aromatic rings. The summed E-state index contributed by atoms with van der Waals surface area (Å²) >= 11 is 0. The van der Waals surface area contributed by atoms with Gasteiger partial charge in [0.25, 0.3) is 0 Å². The third-order valence-electron chi connectivity index (χ3n) is 3.88. The van der Waals surface area contributed by atoms with E-state index in [2.05, 4.69) is 10.0 Å². The first-order valence-corrected chi connectivity index (χ1v) is 10.7. The van der Waals surface area contributed by atoms with Crippen LogP contribution in [0, 0.1) is 0 Å². The molecule has 1 heterocycles. The lowest BCUT2D eigenvalue weighted by Gasteiger charge is -2.28. The minimum absolute atomic E-state index is 0.233. The Morgan fingerprint density at radius 1 is 1.30 bits per heavy atom. The first kappa shape index (κ1) is 21.0. The van der Waals surface area contributed by atoms with Crippen LogP contribution in [-0.4, -0.2) is 49.8 Å². The maximum absolute atomic E-state index is 12.5. The molecule has 0 spiro atoms. The van der Waals surface area contributed by atoms with Crippen molar-refractivity contribution in [3.8, 4) is 0 Å². The van der Waals surface area contributed by atoms with Crippen molar-refractivity contribution < 1.29 is 22.7 Å². The van der Waals surface area contributed by atoms with Crippen molar-refractivity contribution in [1.29, 1.82) is 0 Å². The van der Waals surface area contributed by atoms with Gasteiger partial charge < -0.3 is 10.1 Å². The summed E-state index contributed by atoms with van der Waals surface area (Å²) < 4.78 is 30.4. The van der Waals surface area contributed by atoms with E-state index in [9.17, 15) is 18.0 Å². The molecule has 9 heteroatoms. The Morgan fingerprint density at radius 2 is 2.00 bits per heavy atom. The molecule has 0 aliphatic carbocycles. The van der Waals surface area contributed by atoms with E-state index in [1.54, 1.807) is 45.0 Å². The predicted molar refractivity (Wildman–Crippen MR) is 103 cm³/mol. The highest BCUT2D eigenvalue weighted by Gasteiger charge is 2.36. The third-order valence-corrected chi connectivity index (χ3v) is 4.49. The zero-order chi connectivity index (χ0) is 20.2. The van der Waals surface area contributed by atoms with Crippen molar-refractivity contribution in [2.45, 2.75) is 51.8 Å². The number of hydrogen-bond acceptors (Lipinski definition) is 5. The maximum atomic E-state index is 12.5. The van der Waals surface area contributed by atoms with Gasteiger partial charge in [-0.2, -0.15) is 0 Å². The Labute approximate surface area is 160 Å². The zero-order valence-electron chi connectivity index (χ0n) is 16.1. The first-order valence-electron chi connectivity index (χ1n) is 8.79. The highest BCUT2D eigenvalue weighted by molar-refractivity contribution is 7.92. The van der Waals surface area contributed by atoms with Gasteiger partial charge >= 0.3 is 6.09 Å². The summed E-state index contributed by atoms with van der Waals surface area (Å²) in [6.45, 7) is 6.08. The lowest BCUT2D eigenvalue weighted by molar-refractivity contribution is -0.125. The van der Waals surface area contributed by atoms with Gasteiger partial charge in [0, 0.05) is 18.8 Å². The van der Waals surface area contributed by atoms with Crippen LogP contribution in [0.3, 0.4) is 0 Å². The number of hydrogen-bond donors (Lipinski definition) is 2. The summed E-state index contributed by atoms with van der Waals surface area (Å²) in [6, 6.07) is 6.22. The summed E-state index contributed by atoms with van der Waals surface area (Å²) in [4.78, 5) is 26.3. The van der Waals surface area contributed by atoms with Crippen LogP contribution in [0.15, 0.2) is 24.3 Å². The van der Waals surface area contributed by atoms with Gasteiger partial charge in [0.15, 0.2) is 0 Å². The minimum atomic E-state index is -3.37. The molecule has 0 aromatic heterocycles. The van der Waals surface area contributed by atoms with Crippen LogP contribution in [0.1, 0.15) is 39.2 Å². The van der Waals surface area contributed by atoms with Crippen LogP contribution in [-0.2, 0) is 26.1 Å². The average Bonchev–Trinajstić information content (AvgIpc) is 2.99. The Bertz CT molecular complexity index is 801. The van der Waals surface area contributed by atoms with Crippen molar-refractivity contribution in [2.24, 2.45) is 0 Å². The lowest BCUT2D eigenvalue weighted by Crippen LogP contribution is -2.47. The van der Waals surface area contributed by atoms with Gasteiger partial charge in [-0.1, -0.05) is 12.1 Å². The second kappa shape index (κ2) is 8.16. The number of sulfonamides is 1. The minimum Gasteiger partial charge on any atom is -0.444 e. The van der Waals surface area contributed by atoms with Crippen molar-refractivity contribution in [3.63, 3.8) is 0 Å². The van der Waals surface area contributed by atoms with Crippen LogP contribution >= 0.6 is 0 Å². The largest absolute Gasteiger partial charge is 0.444 e. The van der Waals surface area contributed by atoms with E-state index in [0.29, 0.717) is 18.7 Å². The molecule has 0 saturated carbocycles. The van der Waals surface area contributed by atoms with E-state index in [4.69, 9.17) is 4.74 Å². The topological polar surface area (TPSA) is 105 Å². The van der Waals surface area contributed by atoms with E-state index in [0.717, 1.165) is 18.2 Å². The predicted octanol–water partition coefficient (Wildman–Crippen LogP) is 2.07. The summed E-state index contributed by atoms with van der Waals surface area (Å²) in [5.74, 6) is -0.250. The van der Waals surface area contributed by atoms with Crippen LogP contribution < -0.4 is 10.0 Å². The molecular weight excluding hydrogens is 370 g/mol. The second-order valence-electron chi connectivity index (χ2n) is 7.62. The van der Waals surface area contributed by atoms with Crippen molar-refractivity contribution in [2.75, 3.05) is 17.5 Å². The Hall–Kier alpha value is -2.29. The molecule has 2 amide bonds. The summed E-state index contributed by atoms with van der Waals surface area (Å²) in [6.07, 6.45) is 1.91. The number of carbonyl (C=O) groups excluding carboxylic acids is 2. The molecule has 2 N–H and O–H groups in total. The van der Waals surface area contributed by atoms with Crippen molar-refractivity contribution >= 4 is 27.7 Å². The fourth-order valence-corrected chi connectivity index (χ4v) is 3.40. The number of benzene rings is 1. The molecule has 27 heavy (non-hydrogen) atoms. The van der Waals surface area contributed by atoms with Crippen molar-refractivity contribution in [3.05, 3.63) is 29.8 Å². The molecule has 1 aliphatic rings. The highest BCUT2D eigenvalue weighted by atomic mass is 32.2. The Morgan fingerprint density at radius 3 is 2.63 bits per heavy atom. The van der Waals surface area contributed by atoms with E-state index in [-0.39, 0.29) is 12.5 Å². The number of likely N-dealkylation sites (tertiary alicyclic amines) is 1. The number of amides is 2. The standard InChI is InChI=1S/C18H27N3O5S/c1-18(2,3)26-17(23)21-10-6-9-15(21)16(22)19-12-13-7-5-8-14(11-13)20-27(4,24)25/h5,7-8,11,15,20H,6,9-10,12H2,1-4H3,(H,19,22)/t15-/m0/s1. The van der Waals surface area contributed by atoms with Gasteiger partial charge in [-0.15, -0.1) is 0 Å². The number of rotatable bonds is 5. The molecule has 1 saturated heterocycles. The number of carbonyl (C=O) groups is 2. The third kappa shape index (κ3) is 6.74. The smallest absolute Gasteiger partial charge is 0.410 e. The van der Waals surface area contributed by atoms with E-state index in [1.807, 2.05) is 0 Å². The zero-order valence-corrected chi connectivity index (χ0v) is 16.9. The summed E-state index contributed by atoms with van der Waals surface area (Å²) in [7, 11) is -3.37. The maximum Gasteiger partial charge on any atom is 0.410 e. The molecule has 150 valence electrons. The van der Waals surface area contributed by atoms with E-state index in [1.165, 1.54) is 4.90 Å². The number of anilines is 1. The van der Waals surface area contributed by atoms with Gasteiger partial charge in [-0.3, -0.25) is 14.4 Å².